The molecule has 1 aromatic carbocycles. The average molecular weight is 237 g/mol. The third-order valence-electron chi connectivity index (χ3n) is 2.67. The van der Waals surface area contributed by atoms with Gasteiger partial charge in [0, 0.05) is 7.05 Å². The molecule has 0 fully saturated rings. The van der Waals surface area contributed by atoms with Crippen molar-refractivity contribution in [3.8, 4) is 11.5 Å². The molecule has 5 nitrogen and oxygen atoms in total. The second-order valence-corrected chi connectivity index (χ2v) is 3.83. The van der Waals surface area contributed by atoms with Crippen molar-refractivity contribution in [2.75, 3.05) is 14.2 Å². The summed E-state index contributed by atoms with van der Waals surface area (Å²) in [7, 11) is 2.97. The van der Waals surface area contributed by atoms with E-state index in [-0.39, 0.29) is 12.0 Å². The molecule has 0 N–H and O–H groups in total. The second kappa shape index (κ2) is 4.63. The molecular formula is C12H15NO4. The third-order valence-corrected chi connectivity index (χ3v) is 2.67. The van der Waals surface area contributed by atoms with Crippen LogP contribution in [-0.4, -0.2) is 37.3 Å². The van der Waals surface area contributed by atoms with Crippen LogP contribution in [-0.2, 0) is 9.63 Å². The maximum Gasteiger partial charge on any atom is 0.290 e. The standard InChI is InChI=1S/C12H15NO4/c1-8-11(12(14)13(2)15-3)17-10-7-5-4-6-9(10)16-8/h4-8,11H,1-3H3. The Kier molecular flexibility index (Phi) is 3.19. The van der Waals surface area contributed by atoms with Gasteiger partial charge in [0.05, 0.1) is 7.11 Å². The summed E-state index contributed by atoms with van der Waals surface area (Å²) in [4.78, 5) is 16.8. The molecule has 17 heavy (non-hydrogen) atoms. The van der Waals surface area contributed by atoms with Gasteiger partial charge in [-0.15, -0.1) is 0 Å². The molecule has 2 rings (SSSR count). The minimum atomic E-state index is -0.685. The van der Waals surface area contributed by atoms with Crippen LogP contribution in [0, 0.1) is 0 Å². The van der Waals surface area contributed by atoms with Crippen LogP contribution in [0.1, 0.15) is 6.92 Å². The lowest BCUT2D eigenvalue weighted by molar-refractivity contribution is -0.181. The molecule has 2 unspecified atom stereocenters. The zero-order valence-corrected chi connectivity index (χ0v) is 10.0. The van der Waals surface area contributed by atoms with Crippen molar-refractivity contribution < 1.29 is 19.1 Å². The Morgan fingerprint density at radius 2 is 1.88 bits per heavy atom. The normalized spacial score (nSPS) is 22.1. The molecule has 1 amide bonds. The molecule has 5 heteroatoms. The molecule has 1 aromatic rings. The first-order valence-electron chi connectivity index (χ1n) is 5.37. The van der Waals surface area contributed by atoms with E-state index in [1.807, 2.05) is 18.2 Å². The Bertz CT molecular complexity index is 421. The first-order chi connectivity index (χ1) is 8.13. The van der Waals surface area contributed by atoms with Gasteiger partial charge in [-0.2, -0.15) is 0 Å². The number of amides is 1. The molecule has 0 aliphatic carbocycles. The molecule has 0 bridgehead atoms. The van der Waals surface area contributed by atoms with E-state index in [1.54, 1.807) is 20.0 Å². The number of rotatable bonds is 2. The fourth-order valence-electron chi connectivity index (χ4n) is 1.66. The van der Waals surface area contributed by atoms with Crippen molar-refractivity contribution in [3.63, 3.8) is 0 Å². The van der Waals surface area contributed by atoms with Crippen LogP contribution in [0.2, 0.25) is 0 Å². The summed E-state index contributed by atoms with van der Waals surface area (Å²) in [6.45, 7) is 1.79. The molecule has 0 aromatic heterocycles. The highest BCUT2D eigenvalue weighted by Crippen LogP contribution is 2.33. The highest BCUT2D eigenvalue weighted by Gasteiger charge is 2.36. The van der Waals surface area contributed by atoms with E-state index in [1.165, 1.54) is 7.11 Å². The minimum absolute atomic E-state index is 0.269. The predicted molar refractivity (Wildman–Crippen MR) is 60.7 cm³/mol. The van der Waals surface area contributed by atoms with E-state index >= 15 is 0 Å². The van der Waals surface area contributed by atoms with Crippen LogP contribution >= 0.6 is 0 Å². The number of carbonyl (C=O) groups is 1. The van der Waals surface area contributed by atoms with Crippen LogP contribution in [0.5, 0.6) is 11.5 Å². The van der Waals surface area contributed by atoms with Crippen molar-refractivity contribution in [3.05, 3.63) is 24.3 Å². The van der Waals surface area contributed by atoms with E-state index in [4.69, 9.17) is 14.3 Å². The number of hydrogen-bond acceptors (Lipinski definition) is 4. The number of fused-ring (bicyclic) bond motifs is 1. The van der Waals surface area contributed by atoms with Crippen LogP contribution < -0.4 is 9.47 Å². The summed E-state index contributed by atoms with van der Waals surface area (Å²) >= 11 is 0. The zero-order valence-electron chi connectivity index (χ0n) is 10.0. The van der Waals surface area contributed by atoms with Gasteiger partial charge in [0.15, 0.2) is 11.5 Å². The molecule has 1 heterocycles. The number of benzene rings is 1. The quantitative estimate of drug-likeness (QED) is 0.726. The Hall–Kier alpha value is -1.75. The van der Waals surface area contributed by atoms with Crippen LogP contribution in [0.15, 0.2) is 24.3 Å². The van der Waals surface area contributed by atoms with Gasteiger partial charge < -0.3 is 9.47 Å². The van der Waals surface area contributed by atoms with E-state index in [0.717, 1.165) is 5.06 Å². The van der Waals surface area contributed by atoms with Gasteiger partial charge in [0.2, 0.25) is 6.10 Å². The average Bonchev–Trinajstić information content (AvgIpc) is 2.36. The fraction of sp³-hybridized carbons (Fsp3) is 0.417. The highest BCUT2D eigenvalue weighted by atomic mass is 16.7. The summed E-state index contributed by atoms with van der Waals surface area (Å²) in [6, 6.07) is 7.28. The predicted octanol–water partition coefficient (Wildman–Crippen LogP) is 1.23. The number of para-hydroxylation sites is 2. The lowest BCUT2D eigenvalue weighted by atomic mass is 10.1. The lowest BCUT2D eigenvalue weighted by Gasteiger charge is -2.32. The maximum absolute atomic E-state index is 11.9. The molecular weight excluding hydrogens is 222 g/mol. The summed E-state index contributed by atoms with van der Waals surface area (Å²) in [5.41, 5.74) is 0. The minimum Gasteiger partial charge on any atom is -0.482 e. The zero-order chi connectivity index (χ0) is 12.4. The first-order valence-corrected chi connectivity index (χ1v) is 5.37. The molecule has 1 aliphatic heterocycles. The molecule has 92 valence electrons. The Labute approximate surface area is 99.8 Å². The molecule has 2 atom stereocenters. The van der Waals surface area contributed by atoms with E-state index in [9.17, 15) is 4.79 Å². The van der Waals surface area contributed by atoms with E-state index in [0.29, 0.717) is 11.5 Å². The van der Waals surface area contributed by atoms with Crippen molar-refractivity contribution in [1.82, 2.24) is 5.06 Å². The molecule has 0 saturated heterocycles. The first kappa shape index (κ1) is 11.7. The van der Waals surface area contributed by atoms with Crippen LogP contribution in [0.3, 0.4) is 0 Å². The van der Waals surface area contributed by atoms with Gasteiger partial charge >= 0.3 is 0 Å². The van der Waals surface area contributed by atoms with Crippen molar-refractivity contribution in [1.29, 1.82) is 0 Å². The van der Waals surface area contributed by atoms with Gasteiger partial charge in [-0.3, -0.25) is 9.63 Å². The summed E-state index contributed by atoms with van der Waals surface area (Å²) in [5.74, 6) is 0.965. The van der Waals surface area contributed by atoms with Crippen molar-refractivity contribution >= 4 is 5.91 Å². The van der Waals surface area contributed by atoms with Crippen molar-refractivity contribution in [2.24, 2.45) is 0 Å². The largest absolute Gasteiger partial charge is 0.482 e. The molecule has 0 saturated carbocycles. The monoisotopic (exact) mass is 237 g/mol. The summed E-state index contributed by atoms with van der Waals surface area (Å²) in [6.07, 6.45) is -1.04. The number of ether oxygens (including phenoxy) is 2. The molecule has 0 spiro atoms. The number of likely N-dealkylation sites (N-methyl/N-ethyl adjacent to an activating group) is 1. The van der Waals surface area contributed by atoms with E-state index < -0.39 is 6.10 Å². The fourth-order valence-corrected chi connectivity index (χ4v) is 1.66. The number of carbonyl (C=O) groups excluding carboxylic acids is 1. The smallest absolute Gasteiger partial charge is 0.290 e. The van der Waals surface area contributed by atoms with Gasteiger partial charge in [-0.25, -0.2) is 5.06 Å². The molecule has 1 aliphatic rings. The molecule has 0 radical (unpaired) electrons. The summed E-state index contributed by atoms with van der Waals surface area (Å²) < 4.78 is 11.3. The Morgan fingerprint density at radius 3 is 2.47 bits per heavy atom. The SMILES string of the molecule is CON(C)C(=O)C1Oc2ccccc2OC1C. The second-order valence-electron chi connectivity index (χ2n) is 3.83. The van der Waals surface area contributed by atoms with Crippen LogP contribution in [0.4, 0.5) is 0 Å². The van der Waals surface area contributed by atoms with Crippen LogP contribution in [0.25, 0.3) is 0 Å². The number of nitrogens with zero attached hydrogens (tertiary/aromatic N) is 1. The Balaban J connectivity index is 2.20. The number of hydrogen-bond donors (Lipinski definition) is 0. The summed E-state index contributed by atoms with van der Waals surface area (Å²) in [5, 5.41) is 1.14. The Morgan fingerprint density at radius 1 is 1.29 bits per heavy atom. The van der Waals surface area contributed by atoms with Gasteiger partial charge in [-0.1, -0.05) is 12.1 Å². The van der Waals surface area contributed by atoms with Crippen molar-refractivity contribution in [2.45, 2.75) is 19.1 Å². The van der Waals surface area contributed by atoms with Gasteiger partial charge in [0.1, 0.15) is 6.10 Å². The number of hydroxylamine groups is 2. The van der Waals surface area contributed by atoms with Gasteiger partial charge in [-0.05, 0) is 19.1 Å². The highest BCUT2D eigenvalue weighted by molar-refractivity contribution is 5.81. The lowest BCUT2D eigenvalue weighted by Crippen LogP contribution is -2.49. The third kappa shape index (κ3) is 2.19. The van der Waals surface area contributed by atoms with Gasteiger partial charge in [0.25, 0.3) is 5.91 Å². The van der Waals surface area contributed by atoms with E-state index in [2.05, 4.69) is 0 Å². The maximum atomic E-state index is 11.9. The topological polar surface area (TPSA) is 48.0 Å².